The lowest BCUT2D eigenvalue weighted by Crippen LogP contribution is -2.34. The lowest BCUT2D eigenvalue weighted by Gasteiger charge is -2.14. The van der Waals surface area contributed by atoms with Crippen molar-refractivity contribution >= 4 is 34.7 Å². The molecule has 0 unspecified atom stereocenters. The van der Waals surface area contributed by atoms with E-state index >= 15 is 0 Å². The van der Waals surface area contributed by atoms with Gasteiger partial charge >= 0.3 is 0 Å². The molecule has 1 saturated heterocycles. The van der Waals surface area contributed by atoms with Crippen LogP contribution in [0.2, 0.25) is 0 Å². The number of hydrogen-bond donors (Lipinski definition) is 2. The van der Waals surface area contributed by atoms with E-state index in [1.54, 1.807) is 13.1 Å². The summed E-state index contributed by atoms with van der Waals surface area (Å²) in [6.07, 6.45) is 5.24. The van der Waals surface area contributed by atoms with Crippen molar-refractivity contribution in [3.8, 4) is 6.07 Å². The molecule has 1 amide bonds. The summed E-state index contributed by atoms with van der Waals surface area (Å²) in [5, 5.41) is 15.3. The predicted octanol–water partition coefficient (Wildman–Crippen LogP) is 1.23. The number of nitriles is 1. The highest BCUT2D eigenvalue weighted by molar-refractivity contribution is 7.07. The predicted molar refractivity (Wildman–Crippen MR) is 125 cm³/mol. The van der Waals surface area contributed by atoms with Gasteiger partial charge in [0.05, 0.1) is 0 Å². The van der Waals surface area contributed by atoms with Crippen molar-refractivity contribution in [1.29, 1.82) is 5.26 Å². The molecule has 31 heavy (non-hydrogen) atoms. The van der Waals surface area contributed by atoms with Crippen LogP contribution >= 0.6 is 11.3 Å². The zero-order valence-corrected chi connectivity index (χ0v) is 18.9. The molecule has 2 N–H and O–H groups in total. The Morgan fingerprint density at radius 1 is 1.29 bits per heavy atom. The molecule has 0 atom stereocenters. The number of anilines is 1. The third-order valence-corrected chi connectivity index (χ3v) is 6.46. The number of amides is 1. The molecule has 164 valence electrons. The van der Waals surface area contributed by atoms with Gasteiger partial charge in [-0.25, -0.2) is 0 Å². The van der Waals surface area contributed by atoms with Gasteiger partial charge in [0.1, 0.15) is 15.3 Å². The van der Waals surface area contributed by atoms with Gasteiger partial charge in [-0.15, -0.1) is 11.3 Å². The summed E-state index contributed by atoms with van der Waals surface area (Å²) >= 11 is 1.15. The van der Waals surface area contributed by atoms with Gasteiger partial charge in [0.15, 0.2) is 5.57 Å². The molecule has 0 saturated carbocycles. The summed E-state index contributed by atoms with van der Waals surface area (Å²) in [6, 6.07) is 10.1. The first-order valence-corrected chi connectivity index (χ1v) is 11.6. The molecule has 1 aromatic heterocycles. The van der Waals surface area contributed by atoms with E-state index in [0.29, 0.717) is 22.3 Å². The lowest BCUT2D eigenvalue weighted by molar-refractivity contribution is -0.115. The summed E-state index contributed by atoms with van der Waals surface area (Å²) in [5.74, 6) is -0.460. The van der Waals surface area contributed by atoms with Crippen LogP contribution < -0.4 is 25.4 Å². The maximum Gasteiger partial charge on any atom is 0.270 e. The zero-order chi connectivity index (χ0) is 22.2. The minimum atomic E-state index is -0.460. The van der Waals surface area contributed by atoms with Crippen LogP contribution in [0, 0.1) is 11.3 Å². The second-order valence-corrected chi connectivity index (χ2v) is 8.49. The standard InChI is InChI=1S/C23H29N5O2S/c1-3-25-21(29)19(15-24)23-28(4-2)22(30)20(31-23)16-26-18-9-7-8-17(14-18)10-13-27-11-5-6-12-27/h7-9,14,16,26H,3-6,10-13H2,1-2H3,(H,25,29)/b20-16+,23-19-. The number of thiazole rings is 1. The summed E-state index contributed by atoms with van der Waals surface area (Å²) < 4.78 is 2.31. The van der Waals surface area contributed by atoms with Gasteiger partial charge in [-0.05, 0) is 63.9 Å². The summed E-state index contributed by atoms with van der Waals surface area (Å²) in [6.45, 7) is 7.86. The Labute approximate surface area is 186 Å². The first kappa shape index (κ1) is 22.8. The highest BCUT2D eigenvalue weighted by Gasteiger charge is 2.14. The second kappa shape index (κ2) is 10.9. The van der Waals surface area contributed by atoms with Gasteiger partial charge < -0.3 is 15.5 Å². The topological polar surface area (TPSA) is 90.2 Å². The van der Waals surface area contributed by atoms with Crippen LogP contribution in [0.3, 0.4) is 0 Å². The molecule has 0 bridgehead atoms. The van der Waals surface area contributed by atoms with E-state index in [9.17, 15) is 14.9 Å². The largest absolute Gasteiger partial charge is 0.360 e. The van der Waals surface area contributed by atoms with Crippen LogP contribution in [0.1, 0.15) is 32.3 Å². The molecule has 8 heteroatoms. The monoisotopic (exact) mass is 439 g/mol. The molecule has 0 aliphatic carbocycles. The van der Waals surface area contributed by atoms with E-state index in [4.69, 9.17) is 0 Å². The molecule has 1 aliphatic rings. The molecule has 3 rings (SSSR count). The fourth-order valence-corrected chi connectivity index (χ4v) is 4.78. The SMILES string of the molecule is CCNC(=O)/C(C#N)=c1\s/c(=C/Nc2cccc(CCN3CCCC3)c2)c(=O)n1CC. The van der Waals surface area contributed by atoms with E-state index in [0.717, 1.165) is 30.0 Å². The van der Waals surface area contributed by atoms with Crippen molar-refractivity contribution < 1.29 is 4.79 Å². The van der Waals surface area contributed by atoms with Gasteiger partial charge in [0.2, 0.25) is 0 Å². The number of hydrogen-bond acceptors (Lipinski definition) is 6. The van der Waals surface area contributed by atoms with Crippen LogP contribution in [0.15, 0.2) is 29.1 Å². The molecule has 1 fully saturated rings. The molecule has 7 nitrogen and oxygen atoms in total. The Morgan fingerprint density at radius 3 is 2.74 bits per heavy atom. The Balaban J connectivity index is 1.85. The number of nitrogens with zero attached hydrogens (tertiary/aromatic N) is 3. The molecule has 0 radical (unpaired) electrons. The Morgan fingerprint density at radius 2 is 2.06 bits per heavy atom. The minimum absolute atomic E-state index is 0.0330. The van der Waals surface area contributed by atoms with Gasteiger partial charge in [-0.2, -0.15) is 5.26 Å². The van der Waals surface area contributed by atoms with E-state index in [1.807, 2.05) is 25.1 Å². The average molecular weight is 440 g/mol. The van der Waals surface area contributed by atoms with Crippen LogP contribution in [0.4, 0.5) is 5.69 Å². The summed E-state index contributed by atoms with van der Waals surface area (Å²) in [7, 11) is 0. The molecule has 2 aromatic rings. The quantitative estimate of drug-likeness (QED) is 0.646. The van der Waals surface area contributed by atoms with Gasteiger partial charge in [-0.1, -0.05) is 12.1 Å². The Bertz CT molecular complexity index is 1140. The summed E-state index contributed by atoms with van der Waals surface area (Å²) in [4.78, 5) is 27.5. The number of aromatic nitrogens is 1. The number of likely N-dealkylation sites (tertiary alicyclic amines) is 1. The number of rotatable bonds is 8. The van der Waals surface area contributed by atoms with Gasteiger partial charge in [-0.3, -0.25) is 14.2 Å². The van der Waals surface area contributed by atoms with Crippen molar-refractivity contribution in [2.75, 3.05) is 31.5 Å². The highest BCUT2D eigenvalue weighted by Crippen LogP contribution is 2.13. The zero-order valence-electron chi connectivity index (χ0n) is 18.1. The van der Waals surface area contributed by atoms with Crippen LogP contribution in [-0.4, -0.2) is 41.6 Å². The van der Waals surface area contributed by atoms with Crippen molar-refractivity contribution in [2.24, 2.45) is 0 Å². The van der Waals surface area contributed by atoms with Crippen LogP contribution in [-0.2, 0) is 17.8 Å². The molecule has 1 aliphatic heterocycles. The second-order valence-electron chi connectivity index (χ2n) is 7.45. The number of carbonyl (C=O) groups is 1. The Hall–Kier alpha value is -2.89. The first-order valence-electron chi connectivity index (χ1n) is 10.8. The number of nitrogens with one attached hydrogen (secondary N) is 2. The van der Waals surface area contributed by atoms with Crippen molar-refractivity contribution in [3.05, 3.63) is 49.4 Å². The number of benzene rings is 1. The van der Waals surface area contributed by atoms with Gasteiger partial charge in [0.25, 0.3) is 11.5 Å². The molecule has 1 aromatic carbocycles. The smallest absolute Gasteiger partial charge is 0.270 e. The van der Waals surface area contributed by atoms with Gasteiger partial charge in [0, 0.05) is 31.5 Å². The first-order chi connectivity index (χ1) is 15.1. The maximum atomic E-state index is 12.8. The third kappa shape index (κ3) is 5.63. The fourth-order valence-electron chi connectivity index (χ4n) is 3.70. The number of carbonyl (C=O) groups excluding carboxylic acids is 1. The average Bonchev–Trinajstić information content (AvgIpc) is 3.40. The Kier molecular flexibility index (Phi) is 8.04. The maximum absolute atomic E-state index is 12.8. The molecule has 2 heterocycles. The van der Waals surface area contributed by atoms with E-state index in [-0.39, 0.29) is 11.1 Å². The van der Waals surface area contributed by atoms with Crippen LogP contribution in [0.25, 0.3) is 11.8 Å². The van der Waals surface area contributed by atoms with Crippen molar-refractivity contribution in [1.82, 2.24) is 14.8 Å². The van der Waals surface area contributed by atoms with Crippen molar-refractivity contribution in [2.45, 2.75) is 39.7 Å². The van der Waals surface area contributed by atoms with E-state index in [2.05, 4.69) is 27.7 Å². The molecular formula is C23H29N5O2S. The van der Waals surface area contributed by atoms with Crippen LogP contribution in [0.5, 0.6) is 0 Å². The van der Waals surface area contributed by atoms with E-state index in [1.165, 1.54) is 36.1 Å². The van der Waals surface area contributed by atoms with E-state index < -0.39 is 5.91 Å². The normalized spacial score (nSPS) is 15.6. The molecular weight excluding hydrogens is 410 g/mol. The van der Waals surface area contributed by atoms with Crippen molar-refractivity contribution in [3.63, 3.8) is 0 Å². The lowest BCUT2D eigenvalue weighted by atomic mass is 10.1. The summed E-state index contributed by atoms with van der Waals surface area (Å²) in [5.41, 5.74) is 1.91. The molecule has 0 spiro atoms. The third-order valence-electron chi connectivity index (χ3n) is 5.33. The minimum Gasteiger partial charge on any atom is -0.360 e. The highest BCUT2D eigenvalue weighted by atomic mass is 32.1. The fraction of sp³-hybridized carbons (Fsp3) is 0.435.